The lowest BCUT2D eigenvalue weighted by molar-refractivity contribution is -0.385. The van der Waals surface area contributed by atoms with Gasteiger partial charge in [-0.1, -0.05) is 13.0 Å². The zero-order valence-corrected chi connectivity index (χ0v) is 13.1. The van der Waals surface area contributed by atoms with Crippen molar-refractivity contribution in [1.82, 2.24) is 4.90 Å². The summed E-state index contributed by atoms with van der Waals surface area (Å²) in [5.41, 5.74) is 1.85. The Morgan fingerprint density at radius 1 is 1.52 bits per heavy atom. The number of anilines is 1. The molecule has 0 radical (unpaired) electrons. The van der Waals surface area contributed by atoms with Crippen molar-refractivity contribution in [1.29, 1.82) is 0 Å². The first-order chi connectivity index (χ1) is 10.0. The lowest BCUT2D eigenvalue weighted by Crippen LogP contribution is -2.39. The van der Waals surface area contributed by atoms with Crippen LogP contribution in [-0.2, 0) is 6.42 Å². The minimum absolute atomic E-state index is 0.218. The number of rotatable bonds is 5. The number of aryl methyl sites for hydroxylation is 1. The fourth-order valence-corrected chi connectivity index (χ4v) is 3.12. The fourth-order valence-electron chi connectivity index (χ4n) is 3.12. The molecule has 0 saturated carbocycles. The number of nitrogens with one attached hydrogen (secondary N) is 1. The van der Waals surface area contributed by atoms with E-state index in [4.69, 9.17) is 0 Å². The van der Waals surface area contributed by atoms with Crippen LogP contribution < -0.4 is 5.32 Å². The van der Waals surface area contributed by atoms with Crippen molar-refractivity contribution < 1.29 is 4.92 Å². The maximum atomic E-state index is 11.1. The third kappa shape index (κ3) is 3.94. The van der Waals surface area contributed by atoms with E-state index in [0.29, 0.717) is 18.4 Å². The molecule has 116 valence electrons. The number of likely N-dealkylation sites (tertiary alicyclic amines) is 1. The third-order valence-corrected chi connectivity index (χ3v) is 4.43. The van der Waals surface area contributed by atoms with E-state index < -0.39 is 0 Å². The van der Waals surface area contributed by atoms with Crippen molar-refractivity contribution in [2.75, 3.05) is 25.5 Å². The van der Waals surface area contributed by atoms with Crippen molar-refractivity contribution in [3.05, 3.63) is 33.9 Å². The summed E-state index contributed by atoms with van der Waals surface area (Å²) < 4.78 is 0. The van der Waals surface area contributed by atoms with Crippen molar-refractivity contribution >= 4 is 11.4 Å². The van der Waals surface area contributed by atoms with Gasteiger partial charge in [0, 0.05) is 29.9 Å². The van der Waals surface area contributed by atoms with Crippen LogP contribution in [0, 0.1) is 16.0 Å². The second-order valence-electron chi connectivity index (χ2n) is 6.05. The first kappa shape index (κ1) is 15.8. The fraction of sp³-hybridized carbons (Fsp3) is 0.625. The van der Waals surface area contributed by atoms with E-state index >= 15 is 0 Å². The summed E-state index contributed by atoms with van der Waals surface area (Å²) in [4.78, 5) is 13.2. The number of nitro benzene ring substituents is 1. The highest BCUT2D eigenvalue weighted by Gasteiger charge is 2.23. The summed E-state index contributed by atoms with van der Waals surface area (Å²) in [5.74, 6) is 0.591. The van der Waals surface area contributed by atoms with Crippen molar-refractivity contribution in [3.8, 4) is 0 Å². The van der Waals surface area contributed by atoms with Gasteiger partial charge in [0.1, 0.15) is 0 Å². The normalized spacial score (nSPS) is 21.0. The summed E-state index contributed by atoms with van der Waals surface area (Å²) in [5, 5.41) is 14.6. The Hall–Kier alpha value is -1.62. The van der Waals surface area contributed by atoms with Gasteiger partial charge in [0.2, 0.25) is 0 Å². The molecule has 2 unspecified atom stereocenters. The Bertz CT molecular complexity index is 504. The molecule has 0 spiro atoms. The molecule has 1 aliphatic rings. The van der Waals surface area contributed by atoms with Gasteiger partial charge in [-0.3, -0.25) is 10.1 Å². The van der Waals surface area contributed by atoms with E-state index in [1.165, 1.54) is 19.4 Å². The van der Waals surface area contributed by atoms with Crippen LogP contribution in [0.15, 0.2) is 18.2 Å². The molecule has 1 aromatic carbocycles. The van der Waals surface area contributed by atoms with Gasteiger partial charge in [-0.15, -0.1) is 0 Å². The molecule has 1 heterocycles. The van der Waals surface area contributed by atoms with E-state index in [0.717, 1.165) is 17.8 Å². The number of piperidine rings is 1. The molecule has 5 heteroatoms. The predicted octanol–water partition coefficient (Wildman–Crippen LogP) is 3.30. The Labute approximate surface area is 126 Å². The van der Waals surface area contributed by atoms with Crippen molar-refractivity contribution in [3.63, 3.8) is 0 Å². The minimum Gasteiger partial charge on any atom is -0.382 e. The van der Waals surface area contributed by atoms with Gasteiger partial charge in [-0.05, 0) is 51.8 Å². The molecule has 0 bridgehead atoms. The number of nitrogens with zero attached hydrogens (tertiary/aromatic N) is 2. The van der Waals surface area contributed by atoms with Crippen LogP contribution in [0.2, 0.25) is 0 Å². The standard InChI is InChI=1S/C16H25N3O2/c1-4-13-7-8-15(10-16(13)19(20)21)17-12(2)14-6-5-9-18(3)11-14/h7-8,10,12,14,17H,4-6,9,11H2,1-3H3. The minimum atomic E-state index is -0.289. The molecule has 2 atom stereocenters. The lowest BCUT2D eigenvalue weighted by atomic mass is 9.91. The highest BCUT2D eigenvalue weighted by atomic mass is 16.6. The van der Waals surface area contributed by atoms with Crippen LogP contribution in [0.5, 0.6) is 0 Å². The van der Waals surface area contributed by atoms with E-state index in [9.17, 15) is 10.1 Å². The van der Waals surface area contributed by atoms with E-state index in [1.54, 1.807) is 6.07 Å². The zero-order chi connectivity index (χ0) is 15.4. The molecule has 1 N–H and O–H groups in total. The largest absolute Gasteiger partial charge is 0.382 e. The molecule has 0 amide bonds. The van der Waals surface area contributed by atoms with Crippen molar-refractivity contribution in [2.45, 2.75) is 39.2 Å². The third-order valence-electron chi connectivity index (χ3n) is 4.43. The second-order valence-corrected chi connectivity index (χ2v) is 6.05. The summed E-state index contributed by atoms with van der Waals surface area (Å²) in [6.45, 7) is 6.36. The van der Waals surface area contributed by atoms with E-state index in [1.807, 2.05) is 19.1 Å². The molecule has 2 rings (SSSR count). The highest BCUT2D eigenvalue weighted by molar-refractivity contribution is 5.55. The summed E-state index contributed by atoms with van der Waals surface area (Å²) in [6.07, 6.45) is 3.12. The van der Waals surface area contributed by atoms with Crippen LogP contribution in [-0.4, -0.2) is 36.0 Å². The molecular formula is C16H25N3O2. The van der Waals surface area contributed by atoms with E-state index in [2.05, 4.69) is 24.2 Å². The van der Waals surface area contributed by atoms with Gasteiger partial charge in [0.25, 0.3) is 5.69 Å². The molecule has 1 aliphatic heterocycles. The molecule has 21 heavy (non-hydrogen) atoms. The van der Waals surface area contributed by atoms with Gasteiger partial charge in [-0.2, -0.15) is 0 Å². The molecule has 1 fully saturated rings. The van der Waals surface area contributed by atoms with E-state index in [-0.39, 0.29) is 10.6 Å². The van der Waals surface area contributed by atoms with Crippen LogP contribution in [0.4, 0.5) is 11.4 Å². The predicted molar refractivity (Wildman–Crippen MR) is 85.8 cm³/mol. The monoisotopic (exact) mass is 291 g/mol. The zero-order valence-electron chi connectivity index (χ0n) is 13.1. The number of nitro groups is 1. The van der Waals surface area contributed by atoms with Crippen LogP contribution in [0.3, 0.4) is 0 Å². The van der Waals surface area contributed by atoms with Gasteiger partial charge in [-0.25, -0.2) is 0 Å². The summed E-state index contributed by atoms with van der Waals surface area (Å²) in [6, 6.07) is 5.80. The topological polar surface area (TPSA) is 58.4 Å². The van der Waals surface area contributed by atoms with Crippen LogP contribution in [0.25, 0.3) is 0 Å². The molecule has 5 nitrogen and oxygen atoms in total. The Morgan fingerprint density at radius 2 is 2.29 bits per heavy atom. The Morgan fingerprint density at radius 3 is 2.90 bits per heavy atom. The number of hydrogen-bond acceptors (Lipinski definition) is 4. The SMILES string of the molecule is CCc1ccc(NC(C)C2CCCN(C)C2)cc1[N+](=O)[O-]. The maximum absolute atomic E-state index is 11.1. The molecule has 0 aromatic heterocycles. The molecule has 0 aliphatic carbocycles. The average molecular weight is 291 g/mol. The lowest BCUT2D eigenvalue weighted by Gasteiger charge is -2.34. The average Bonchev–Trinajstić information content (AvgIpc) is 2.47. The quantitative estimate of drug-likeness (QED) is 0.668. The molecular weight excluding hydrogens is 266 g/mol. The van der Waals surface area contributed by atoms with Crippen LogP contribution in [0.1, 0.15) is 32.3 Å². The van der Waals surface area contributed by atoms with Gasteiger partial charge in [0.15, 0.2) is 0 Å². The van der Waals surface area contributed by atoms with Gasteiger partial charge in [0.05, 0.1) is 4.92 Å². The van der Waals surface area contributed by atoms with Gasteiger partial charge >= 0.3 is 0 Å². The summed E-state index contributed by atoms with van der Waals surface area (Å²) >= 11 is 0. The molecule has 1 aromatic rings. The molecule has 1 saturated heterocycles. The second kappa shape index (κ2) is 6.89. The van der Waals surface area contributed by atoms with Gasteiger partial charge < -0.3 is 10.2 Å². The van der Waals surface area contributed by atoms with Crippen LogP contribution >= 0.6 is 0 Å². The first-order valence-corrected chi connectivity index (χ1v) is 7.73. The Balaban J connectivity index is 2.08. The smallest absolute Gasteiger partial charge is 0.274 e. The number of benzene rings is 1. The first-order valence-electron chi connectivity index (χ1n) is 7.73. The highest BCUT2D eigenvalue weighted by Crippen LogP contribution is 2.26. The number of hydrogen-bond donors (Lipinski definition) is 1. The van der Waals surface area contributed by atoms with Crippen molar-refractivity contribution in [2.24, 2.45) is 5.92 Å². The summed E-state index contributed by atoms with van der Waals surface area (Å²) in [7, 11) is 2.15. The maximum Gasteiger partial charge on any atom is 0.274 e. The Kier molecular flexibility index (Phi) is 5.17.